The number of aryl methyl sites for hydroxylation is 1. The molecule has 0 radical (unpaired) electrons. The number of ether oxygens (including phenoxy) is 1. The lowest BCUT2D eigenvalue weighted by Gasteiger charge is -2.39. The van der Waals surface area contributed by atoms with E-state index in [2.05, 4.69) is 28.5 Å². The number of hydrogen-bond donors (Lipinski definition) is 2. The fraction of sp³-hybridized carbons (Fsp3) is 0.478. The zero-order valence-electron chi connectivity index (χ0n) is 18.7. The Kier molecular flexibility index (Phi) is 5.56. The van der Waals surface area contributed by atoms with Crippen molar-refractivity contribution in [3.05, 3.63) is 42.0 Å². The molecule has 172 valence electrons. The minimum atomic E-state index is -4.15. The first-order chi connectivity index (χ1) is 15.0. The Hall–Kier alpha value is -2.81. The molecule has 4 rings (SSSR count). The molecular formula is C23H30N4O4S. The summed E-state index contributed by atoms with van der Waals surface area (Å²) in [7, 11) is -4.15. The number of nitrogens with two attached hydrogens (primary N) is 1. The molecule has 1 aliphatic heterocycles. The third kappa shape index (κ3) is 4.67. The van der Waals surface area contributed by atoms with Gasteiger partial charge in [-0.25, -0.2) is 9.71 Å². The maximum atomic E-state index is 13.0. The fourth-order valence-electron chi connectivity index (χ4n) is 3.86. The molecule has 0 bridgehead atoms. The molecule has 1 aromatic heterocycles. The molecule has 2 fully saturated rings. The quantitative estimate of drug-likeness (QED) is 0.684. The van der Waals surface area contributed by atoms with Crippen molar-refractivity contribution in [1.29, 1.82) is 0 Å². The Morgan fingerprint density at radius 3 is 2.44 bits per heavy atom. The van der Waals surface area contributed by atoms with Crippen molar-refractivity contribution in [3.63, 3.8) is 0 Å². The summed E-state index contributed by atoms with van der Waals surface area (Å²) in [4.78, 5) is 19.1. The number of sulfonamides is 1. The van der Waals surface area contributed by atoms with E-state index in [1.165, 1.54) is 18.2 Å². The van der Waals surface area contributed by atoms with E-state index in [-0.39, 0.29) is 10.8 Å². The molecule has 0 spiro atoms. The number of nitrogen functional groups attached to an aromatic ring is 1. The van der Waals surface area contributed by atoms with Crippen molar-refractivity contribution in [2.24, 2.45) is 5.41 Å². The number of benzene rings is 1. The predicted octanol–water partition coefficient (Wildman–Crippen LogP) is 3.02. The number of rotatable bonds is 6. The van der Waals surface area contributed by atoms with Crippen LogP contribution in [0, 0.1) is 12.3 Å². The number of anilines is 2. The van der Waals surface area contributed by atoms with Crippen LogP contribution in [0.2, 0.25) is 0 Å². The van der Waals surface area contributed by atoms with Crippen LogP contribution < -0.4 is 20.1 Å². The second kappa shape index (κ2) is 7.95. The molecule has 8 nitrogen and oxygen atoms in total. The van der Waals surface area contributed by atoms with Crippen molar-refractivity contribution in [2.45, 2.75) is 57.1 Å². The highest BCUT2D eigenvalue weighted by Gasteiger charge is 2.54. The van der Waals surface area contributed by atoms with E-state index in [4.69, 9.17) is 10.5 Å². The van der Waals surface area contributed by atoms with Crippen molar-refractivity contribution in [2.75, 3.05) is 23.7 Å². The smallest absolute Gasteiger partial charge is 0.281 e. The van der Waals surface area contributed by atoms with Gasteiger partial charge in [-0.2, -0.15) is 8.42 Å². The highest BCUT2D eigenvalue weighted by molar-refractivity contribution is 7.90. The van der Waals surface area contributed by atoms with Crippen LogP contribution in [0.1, 0.15) is 45.1 Å². The minimum Gasteiger partial charge on any atom is -0.475 e. The average Bonchev–Trinajstić information content (AvgIpc) is 3.49. The number of aromatic nitrogens is 1. The monoisotopic (exact) mass is 458 g/mol. The second-order valence-corrected chi connectivity index (χ2v) is 11.2. The summed E-state index contributed by atoms with van der Waals surface area (Å²) in [6, 6.07) is 10.2. The van der Waals surface area contributed by atoms with Gasteiger partial charge in [0, 0.05) is 25.9 Å². The van der Waals surface area contributed by atoms with Crippen molar-refractivity contribution >= 4 is 27.4 Å². The van der Waals surface area contributed by atoms with E-state index < -0.39 is 21.5 Å². The molecule has 2 aromatic rings. The van der Waals surface area contributed by atoms with Crippen LogP contribution in [0.5, 0.6) is 5.75 Å². The molecule has 3 N–H and O–H groups in total. The third-order valence-electron chi connectivity index (χ3n) is 6.24. The molecule has 9 heteroatoms. The van der Waals surface area contributed by atoms with Crippen molar-refractivity contribution in [3.8, 4) is 5.75 Å². The van der Waals surface area contributed by atoms with Gasteiger partial charge in [-0.15, -0.1) is 0 Å². The maximum Gasteiger partial charge on any atom is 0.281 e. The summed E-state index contributed by atoms with van der Waals surface area (Å²) >= 11 is 0. The number of amides is 1. The van der Waals surface area contributed by atoms with Crippen LogP contribution in [0.4, 0.5) is 11.5 Å². The minimum absolute atomic E-state index is 0.0619. The van der Waals surface area contributed by atoms with Crippen LogP contribution in [0.25, 0.3) is 0 Å². The second-order valence-electron chi connectivity index (χ2n) is 9.55. The molecule has 1 saturated carbocycles. The maximum absolute atomic E-state index is 13.0. The molecule has 0 atom stereocenters. The summed E-state index contributed by atoms with van der Waals surface area (Å²) in [6.45, 7) is 8.32. The molecule has 2 aliphatic rings. The Morgan fingerprint density at radius 2 is 1.81 bits per heavy atom. The number of piperidine rings is 1. The number of pyridine rings is 1. The van der Waals surface area contributed by atoms with E-state index in [0.717, 1.165) is 37.2 Å². The van der Waals surface area contributed by atoms with Gasteiger partial charge in [-0.05, 0) is 55.0 Å². The number of carbonyl (C=O) groups is 1. The molecule has 1 aliphatic carbocycles. The molecule has 0 unspecified atom stereocenters. The normalized spacial score (nSPS) is 19.3. The van der Waals surface area contributed by atoms with E-state index in [0.29, 0.717) is 24.0 Å². The van der Waals surface area contributed by atoms with Crippen molar-refractivity contribution in [1.82, 2.24) is 9.71 Å². The highest BCUT2D eigenvalue weighted by atomic mass is 32.2. The van der Waals surface area contributed by atoms with Crippen LogP contribution in [0.3, 0.4) is 0 Å². The summed E-state index contributed by atoms with van der Waals surface area (Å²) < 4.78 is 33.6. The van der Waals surface area contributed by atoms with Gasteiger partial charge in [0.05, 0.1) is 5.69 Å². The van der Waals surface area contributed by atoms with Gasteiger partial charge in [-0.1, -0.05) is 26.0 Å². The summed E-state index contributed by atoms with van der Waals surface area (Å²) in [6.07, 6.45) is 3.02. The van der Waals surface area contributed by atoms with E-state index in [9.17, 15) is 13.2 Å². The van der Waals surface area contributed by atoms with Gasteiger partial charge < -0.3 is 15.4 Å². The Bertz CT molecular complexity index is 1130. The van der Waals surface area contributed by atoms with Gasteiger partial charge >= 0.3 is 0 Å². The number of nitrogens with zero attached hydrogens (tertiary/aromatic N) is 2. The van der Waals surface area contributed by atoms with Gasteiger partial charge in [0.2, 0.25) is 0 Å². The zero-order chi connectivity index (χ0) is 23.1. The van der Waals surface area contributed by atoms with Crippen molar-refractivity contribution < 1.29 is 17.9 Å². The first-order valence-electron chi connectivity index (χ1n) is 10.8. The lowest BCUT2D eigenvalue weighted by Crippen LogP contribution is -2.44. The lowest BCUT2D eigenvalue weighted by molar-refractivity contribution is -0.127. The van der Waals surface area contributed by atoms with Gasteiger partial charge in [0.1, 0.15) is 11.6 Å². The first-order valence-corrected chi connectivity index (χ1v) is 12.3. The highest BCUT2D eigenvalue weighted by Crippen LogP contribution is 2.45. The molecular weight excluding hydrogens is 428 g/mol. The van der Waals surface area contributed by atoms with Crippen LogP contribution >= 0.6 is 0 Å². The SMILES string of the molecule is Cc1ccc(N2CCC(C)(C)CC2)c(OC2(C(=O)NS(=O)(=O)c3cccc(N)n3)CC2)c1. The molecule has 1 aromatic carbocycles. The summed E-state index contributed by atoms with van der Waals surface area (Å²) in [5.74, 6) is -0.0161. The Balaban J connectivity index is 1.54. The summed E-state index contributed by atoms with van der Waals surface area (Å²) in [5, 5.41) is -0.297. The largest absolute Gasteiger partial charge is 0.475 e. The van der Waals surface area contributed by atoms with E-state index >= 15 is 0 Å². The van der Waals surface area contributed by atoms with E-state index in [1.807, 2.05) is 25.1 Å². The Morgan fingerprint density at radius 1 is 1.12 bits per heavy atom. The van der Waals surface area contributed by atoms with Crippen LogP contribution in [0.15, 0.2) is 41.4 Å². The Labute approximate surface area is 189 Å². The van der Waals surface area contributed by atoms with Crippen LogP contribution in [-0.2, 0) is 14.8 Å². The first kappa shape index (κ1) is 22.4. The third-order valence-corrected chi connectivity index (χ3v) is 7.48. The summed E-state index contributed by atoms with van der Waals surface area (Å²) in [5.41, 5.74) is 6.64. The van der Waals surface area contributed by atoms with Gasteiger partial charge in [0.15, 0.2) is 10.6 Å². The number of nitrogens with one attached hydrogen (secondary N) is 1. The van der Waals surface area contributed by atoms with Gasteiger partial charge in [0.25, 0.3) is 15.9 Å². The molecule has 1 saturated heterocycles. The number of carbonyl (C=O) groups excluding carboxylic acids is 1. The van der Waals surface area contributed by atoms with Crippen LogP contribution in [-0.4, -0.2) is 38.0 Å². The molecule has 2 heterocycles. The molecule has 1 amide bonds. The standard InChI is InChI=1S/C23H30N4O4S/c1-16-7-8-17(27-13-11-22(2,3)12-14-27)18(15-16)31-23(9-10-23)21(28)26-32(29,30)20-6-4-5-19(24)25-20/h4-8,15H,9-14H2,1-3H3,(H2,24,25)(H,26,28). The van der Waals surface area contributed by atoms with Gasteiger partial charge in [-0.3, -0.25) is 4.79 Å². The molecule has 32 heavy (non-hydrogen) atoms. The number of hydrogen-bond acceptors (Lipinski definition) is 7. The lowest BCUT2D eigenvalue weighted by atomic mass is 9.82. The van der Waals surface area contributed by atoms with E-state index in [1.54, 1.807) is 0 Å². The predicted molar refractivity (Wildman–Crippen MR) is 123 cm³/mol. The topological polar surface area (TPSA) is 115 Å². The average molecular weight is 459 g/mol. The zero-order valence-corrected chi connectivity index (χ0v) is 19.5. The fourth-order valence-corrected chi connectivity index (χ4v) is 4.88.